The number of carbonyl (C=O) groups is 2. The van der Waals surface area contributed by atoms with Crippen LogP contribution in [0.3, 0.4) is 0 Å². The summed E-state index contributed by atoms with van der Waals surface area (Å²) >= 11 is 0. The van der Waals surface area contributed by atoms with E-state index in [9.17, 15) is 19.8 Å². The number of aromatic nitrogens is 5. The normalized spacial score (nSPS) is 21.4. The van der Waals surface area contributed by atoms with Crippen LogP contribution in [-0.2, 0) is 35.6 Å². The number of pyridine rings is 2. The minimum atomic E-state index is -0.853. The number of hydrogen-bond acceptors (Lipinski definition) is 10. The average Bonchev–Trinajstić information content (AvgIpc) is 3.42. The Kier molecular flexibility index (Phi) is 9.62. The van der Waals surface area contributed by atoms with Gasteiger partial charge in [0.05, 0.1) is 36.4 Å². The zero-order chi connectivity index (χ0) is 28.6. The van der Waals surface area contributed by atoms with Gasteiger partial charge in [0, 0.05) is 84.1 Å². The van der Waals surface area contributed by atoms with Crippen molar-refractivity contribution in [1.29, 1.82) is 0 Å². The van der Waals surface area contributed by atoms with Gasteiger partial charge in [0.2, 0.25) is 0 Å². The van der Waals surface area contributed by atoms with Crippen LogP contribution in [0.25, 0.3) is 11.4 Å². The first-order chi connectivity index (χ1) is 19.9. The first kappa shape index (κ1) is 28.7. The van der Waals surface area contributed by atoms with E-state index < -0.39 is 11.9 Å². The van der Waals surface area contributed by atoms with Gasteiger partial charge < -0.3 is 10.2 Å². The van der Waals surface area contributed by atoms with Crippen molar-refractivity contribution in [2.24, 2.45) is 0 Å². The second-order valence-electron chi connectivity index (χ2n) is 10.6. The van der Waals surface area contributed by atoms with Gasteiger partial charge in [-0.2, -0.15) is 0 Å². The molecule has 0 aliphatic carbocycles. The summed E-state index contributed by atoms with van der Waals surface area (Å²) in [5.41, 5.74) is 4.16. The maximum Gasteiger partial charge on any atom is 0.317 e. The molecule has 0 amide bonds. The van der Waals surface area contributed by atoms with E-state index in [-0.39, 0.29) is 13.1 Å². The molecule has 218 valence electrons. The summed E-state index contributed by atoms with van der Waals surface area (Å²) in [6, 6.07) is 11.8. The highest BCUT2D eigenvalue weighted by atomic mass is 16.4. The fourth-order valence-corrected chi connectivity index (χ4v) is 5.27. The van der Waals surface area contributed by atoms with Gasteiger partial charge in [-0.3, -0.25) is 38.9 Å². The number of rotatable bonds is 4. The summed E-state index contributed by atoms with van der Waals surface area (Å²) in [5.74, 6) is -1.71. The van der Waals surface area contributed by atoms with Crippen molar-refractivity contribution in [3.63, 3.8) is 0 Å². The van der Waals surface area contributed by atoms with Gasteiger partial charge in [0.15, 0.2) is 0 Å². The lowest BCUT2D eigenvalue weighted by atomic mass is 10.2. The van der Waals surface area contributed by atoms with Crippen molar-refractivity contribution in [1.82, 2.24) is 44.6 Å². The largest absolute Gasteiger partial charge is 0.480 e. The maximum atomic E-state index is 11.7. The first-order valence-corrected chi connectivity index (χ1v) is 14.0. The Labute approximate surface area is 239 Å². The third-order valence-electron chi connectivity index (χ3n) is 7.49. The van der Waals surface area contributed by atoms with Crippen LogP contribution in [-0.4, -0.2) is 132 Å². The number of fused-ring (bicyclic) bond motifs is 9. The van der Waals surface area contributed by atoms with Gasteiger partial charge in [-0.15, -0.1) is 5.10 Å². The molecule has 0 saturated carbocycles. The molecule has 0 spiro atoms. The van der Waals surface area contributed by atoms with E-state index in [0.717, 1.165) is 22.8 Å². The Balaban J connectivity index is 1.50. The fourth-order valence-electron chi connectivity index (χ4n) is 5.27. The van der Waals surface area contributed by atoms with Crippen LogP contribution < -0.4 is 0 Å². The molecule has 13 heteroatoms. The maximum absolute atomic E-state index is 11.7. The summed E-state index contributed by atoms with van der Waals surface area (Å²) in [6.45, 7) is 6.55. The molecule has 0 radical (unpaired) electrons. The van der Waals surface area contributed by atoms with Gasteiger partial charge >= 0.3 is 11.9 Å². The molecule has 6 rings (SSSR count). The van der Waals surface area contributed by atoms with Crippen molar-refractivity contribution in [3.05, 3.63) is 59.7 Å². The van der Waals surface area contributed by atoms with Crippen LogP contribution >= 0.6 is 0 Å². The summed E-state index contributed by atoms with van der Waals surface area (Å²) in [7, 11) is 0. The monoisotopic (exact) mass is 563 g/mol. The first-order valence-electron chi connectivity index (χ1n) is 14.0. The molecule has 13 nitrogen and oxygen atoms in total. The standard InChI is InChI=1S/C28H37N9O4/c38-27(39)20-35-13-9-33-10-14-36(21-28(40)41)16-12-34(11-15-35)18-24-5-2-6-25(30-24)26-19-37(32-31-26)8-7-22-3-1-4-23(17-33)29-22/h1-6,19H,7-18,20-21H2,(H,38,39)(H,40,41). The Morgan fingerprint density at radius 2 is 1.20 bits per heavy atom. The molecule has 3 aliphatic rings. The fraction of sp³-hybridized carbons (Fsp3) is 0.500. The van der Waals surface area contributed by atoms with Crippen molar-refractivity contribution in [2.75, 3.05) is 65.4 Å². The number of carboxylic acids is 2. The number of carboxylic acid groups (broad SMARTS) is 2. The molecule has 1 saturated heterocycles. The van der Waals surface area contributed by atoms with E-state index in [1.54, 1.807) is 0 Å². The molecule has 6 heterocycles. The molecule has 1 fully saturated rings. The predicted octanol–water partition coefficient (Wildman–Crippen LogP) is 0.382. The average molecular weight is 564 g/mol. The lowest BCUT2D eigenvalue weighted by Crippen LogP contribution is -2.47. The molecule has 3 aliphatic heterocycles. The molecule has 8 bridgehead atoms. The van der Waals surface area contributed by atoms with Crippen LogP contribution in [0.2, 0.25) is 0 Å². The third-order valence-corrected chi connectivity index (χ3v) is 7.49. The Morgan fingerprint density at radius 3 is 1.78 bits per heavy atom. The summed E-state index contributed by atoms with van der Waals surface area (Å²) in [5, 5.41) is 27.8. The quantitative estimate of drug-likeness (QED) is 0.453. The van der Waals surface area contributed by atoms with Crippen LogP contribution in [0.4, 0.5) is 0 Å². The molecule has 2 N–H and O–H groups in total. The number of aliphatic carboxylic acids is 2. The van der Waals surface area contributed by atoms with Gasteiger partial charge in [-0.1, -0.05) is 17.3 Å². The Morgan fingerprint density at radius 1 is 0.659 bits per heavy atom. The van der Waals surface area contributed by atoms with Crippen molar-refractivity contribution in [3.8, 4) is 11.4 Å². The van der Waals surface area contributed by atoms with Gasteiger partial charge in [0.25, 0.3) is 0 Å². The van der Waals surface area contributed by atoms with E-state index >= 15 is 0 Å². The molecule has 0 atom stereocenters. The lowest BCUT2D eigenvalue weighted by Gasteiger charge is -2.33. The molecule has 0 unspecified atom stereocenters. The summed E-state index contributed by atoms with van der Waals surface area (Å²) < 4.78 is 1.82. The highest BCUT2D eigenvalue weighted by molar-refractivity contribution is 5.69. The second kappa shape index (κ2) is 13.7. The Hall–Kier alpha value is -3.78. The van der Waals surface area contributed by atoms with Crippen LogP contribution in [0.15, 0.2) is 42.6 Å². The topological polar surface area (TPSA) is 144 Å². The number of aryl methyl sites for hydroxylation is 2. The van der Waals surface area contributed by atoms with Crippen molar-refractivity contribution < 1.29 is 19.8 Å². The lowest BCUT2D eigenvalue weighted by molar-refractivity contribution is -0.139. The predicted molar refractivity (Wildman–Crippen MR) is 150 cm³/mol. The molecule has 41 heavy (non-hydrogen) atoms. The highest BCUT2D eigenvalue weighted by Crippen LogP contribution is 2.16. The van der Waals surface area contributed by atoms with Gasteiger partial charge in [-0.05, 0) is 24.3 Å². The smallest absolute Gasteiger partial charge is 0.317 e. The second-order valence-corrected chi connectivity index (χ2v) is 10.6. The molecular weight excluding hydrogens is 526 g/mol. The van der Waals surface area contributed by atoms with E-state index in [0.29, 0.717) is 84.1 Å². The van der Waals surface area contributed by atoms with Crippen LogP contribution in [0.1, 0.15) is 17.1 Å². The van der Waals surface area contributed by atoms with Crippen LogP contribution in [0.5, 0.6) is 0 Å². The van der Waals surface area contributed by atoms with Gasteiger partial charge in [-0.25, -0.2) is 4.98 Å². The molecule has 3 aromatic heterocycles. The van der Waals surface area contributed by atoms with E-state index in [1.807, 2.05) is 57.1 Å². The number of nitrogens with zero attached hydrogens (tertiary/aromatic N) is 9. The zero-order valence-corrected chi connectivity index (χ0v) is 23.2. The van der Waals surface area contributed by atoms with Gasteiger partial charge in [0.1, 0.15) is 5.69 Å². The zero-order valence-electron chi connectivity index (χ0n) is 23.2. The highest BCUT2D eigenvalue weighted by Gasteiger charge is 2.20. The van der Waals surface area contributed by atoms with Crippen molar-refractivity contribution in [2.45, 2.75) is 26.1 Å². The summed E-state index contributed by atoms with van der Waals surface area (Å²) in [6.07, 6.45) is 2.59. The minimum absolute atomic E-state index is 0.0377. The molecular formula is C28H37N9O4. The van der Waals surface area contributed by atoms with E-state index in [1.165, 1.54) is 0 Å². The third kappa shape index (κ3) is 8.60. The minimum Gasteiger partial charge on any atom is -0.480 e. The molecule has 0 aromatic carbocycles. The van der Waals surface area contributed by atoms with Crippen LogP contribution in [0, 0.1) is 0 Å². The Bertz CT molecular complexity index is 1300. The molecule has 3 aromatic rings. The number of hydrogen-bond donors (Lipinski definition) is 2. The SMILES string of the molecule is O=C(O)CN1CCN2CCN(CC(=O)O)CCN(CC1)Cc1cccc(n1)-c1cn(nn1)CCc1cccc(n1)C2. The summed E-state index contributed by atoms with van der Waals surface area (Å²) in [4.78, 5) is 41.6. The van der Waals surface area contributed by atoms with E-state index in [4.69, 9.17) is 9.97 Å². The van der Waals surface area contributed by atoms with E-state index in [2.05, 4.69) is 20.1 Å². The van der Waals surface area contributed by atoms with Crippen molar-refractivity contribution >= 4 is 11.9 Å².